The summed E-state index contributed by atoms with van der Waals surface area (Å²) in [5.74, 6) is 1.55. The summed E-state index contributed by atoms with van der Waals surface area (Å²) in [6, 6.07) is 7.82. The van der Waals surface area contributed by atoms with Gasteiger partial charge in [0, 0.05) is 38.8 Å². The lowest BCUT2D eigenvalue weighted by atomic mass is 10.3. The van der Waals surface area contributed by atoms with Crippen LogP contribution >= 0.6 is 11.3 Å². The molecule has 2 amide bonds. The zero-order valence-corrected chi connectivity index (χ0v) is 14.6. The third-order valence-electron chi connectivity index (χ3n) is 3.92. The van der Waals surface area contributed by atoms with Gasteiger partial charge in [-0.15, -0.1) is 0 Å². The number of aromatic nitrogens is 1. The van der Waals surface area contributed by atoms with Gasteiger partial charge < -0.3 is 19.9 Å². The molecule has 0 radical (unpaired) electrons. The van der Waals surface area contributed by atoms with E-state index in [2.05, 4.69) is 20.6 Å². The van der Waals surface area contributed by atoms with Gasteiger partial charge in [-0.3, -0.25) is 0 Å². The summed E-state index contributed by atoms with van der Waals surface area (Å²) >= 11 is 1.64. The number of piperazine rings is 1. The molecule has 7 heteroatoms. The first-order valence-electron chi connectivity index (χ1n) is 8.15. The second-order valence-corrected chi connectivity index (χ2v) is 6.31. The summed E-state index contributed by atoms with van der Waals surface area (Å²) in [6.07, 6.45) is 0. The molecule has 0 aliphatic carbocycles. The highest BCUT2D eigenvalue weighted by Crippen LogP contribution is 2.17. The summed E-state index contributed by atoms with van der Waals surface area (Å²) in [7, 11) is 0. The lowest BCUT2D eigenvalue weighted by molar-refractivity contribution is 0.193. The molecule has 1 aliphatic heterocycles. The highest BCUT2D eigenvalue weighted by molar-refractivity contribution is 7.07. The van der Waals surface area contributed by atoms with Gasteiger partial charge in [-0.2, -0.15) is 16.3 Å². The van der Waals surface area contributed by atoms with Crippen LogP contribution in [0.4, 0.5) is 10.6 Å². The highest BCUT2D eigenvalue weighted by Gasteiger charge is 2.21. The van der Waals surface area contributed by atoms with Crippen molar-refractivity contribution in [3.8, 4) is 5.88 Å². The van der Waals surface area contributed by atoms with Crippen LogP contribution in [0.2, 0.25) is 0 Å². The van der Waals surface area contributed by atoms with Gasteiger partial charge in [0.25, 0.3) is 0 Å². The lowest BCUT2D eigenvalue weighted by Gasteiger charge is -2.35. The molecule has 3 rings (SSSR count). The van der Waals surface area contributed by atoms with Gasteiger partial charge in [-0.05, 0) is 35.4 Å². The number of ether oxygens (including phenoxy) is 1. The minimum Gasteiger partial charge on any atom is -0.478 e. The van der Waals surface area contributed by atoms with Crippen molar-refractivity contribution in [3.05, 3.63) is 40.6 Å². The van der Waals surface area contributed by atoms with E-state index in [-0.39, 0.29) is 6.03 Å². The molecule has 24 heavy (non-hydrogen) atoms. The molecular weight excluding hydrogens is 324 g/mol. The van der Waals surface area contributed by atoms with Gasteiger partial charge in [-0.1, -0.05) is 6.07 Å². The summed E-state index contributed by atoms with van der Waals surface area (Å²) < 4.78 is 5.45. The number of hydrogen-bond donors (Lipinski definition) is 1. The van der Waals surface area contributed by atoms with E-state index in [9.17, 15) is 4.79 Å². The Hall–Kier alpha value is -2.28. The summed E-state index contributed by atoms with van der Waals surface area (Å²) in [4.78, 5) is 20.8. The maximum absolute atomic E-state index is 12.2. The van der Waals surface area contributed by atoms with Crippen LogP contribution in [-0.4, -0.2) is 48.7 Å². The molecule has 6 nitrogen and oxygen atoms in total. The average Bonchev–Trinajstić information content (AvgIpc) is 3.14. The van der Waals surface area contributed by atoms with Crippen LogP contribution in [0.1, 0.15) is 12.5 Å². The van der Waals surface area contributed by atoms with Crippen molar-refractivity contribution in [2.24, 2.45) is 0 Å². The molecule has 0 spiro atoms. The summed E-state index contributed by atoms with van der Waals surface area (Å²) in [5, 5.41) is 7.04. The van der Waals surface area contributed by atoms with E-state index in [0.29, 0.717) is 32.1 Å². The van der Waals surface area contributed by atoms with E-state index in [1.165, 1.54) is 0 Å². The number of carbonyl (C=O) groups excluding carboxylic acids is 1. The van der Waals surface area contributed by atoms with Crippen LogP contribution in [0.3, 0.4) is 0 Å². The Kier molecular flexibility index (Phi) is 5.53. The molecule has 128 valence electrons. The molecule has 1 N–H and O–H groups in total. The van der Waals surface area contributed by atoms with Crippen LogP contribution in [0.25, 0.3) is 0 Å². The number of amides is 2. The van der Waals surface area contributed by atoms with E-state index in [1.54, 1.807) is 11.3 Å². The molecule has 0 bridgehead atoms. The molecule has 3 heterocycles. The quantitative estimate of drug-likeness (QED) is 0.904. The van der Waals surface area contributed by atoms with E-state index in [4.69, 9.17) is 4.74 Å². The van der Waals surface area contributed by atoms with Gasteiger partial charge in [0.1, 0.15) is 5.82 Å². The number of urea groups is 1. The SMILES string of the molecule is CCOc1cccc(N2CCN(C(=O)NCc3ccsc3)CC2)n1. The molecule has 1 aliphatic rings. The lowest BCUT2D eigenvalue weighted by Crippen LogP contribution is -2.51. The van der Waals surface area contributed by atoms with Gasteiger partial charge in [0.05, 0.1) is 6.61 Å². The molecule has 1 fully saturated rings. The largest absolute Gasteiger partial charge is 0.478 e. The number of rotatable bonds is 5. The third-order valence-corrected chi connectivity index (χ3v) is 4.65. The predicted octanol–water partition coefficient (Wildman–Crippen LogP) is 2.57. The number of carbonyl (C=O) groups is 1. The highest BCUT2D eigenvalue weighted by atomic mass is 32.1. The Morgan fingerprint density at radius 3 is 2.83 bits per heavy atom. The molecule has 0 unspecified atom stereocenters. The van der Waals surface area contributed by atoms with Gasteiger partial charge in [0.2, 0.25) is 5.88 Å². The predicted molar refractivity (Wildman–Crippen MR) is 95.7 cm³/mol. The zero-order valence-electron chi connectivity index (χ0n) is 13.8. The minimum atomic E-state index is -0.00289. The molecule has 1 saturated heterocycles. The Morgan fingerprint density at radius 2 is 2.12 bits per heavy atom. The monoisotopic (exact) mass is 346 g/mol. The second-order valence-electron chi connectivity index (χ2n) is 5.53. The van der Waals surface area contributed by atoms with Gasteiger partial charge >= 0.3 is 6.03 Å². The first-order chi connectivity index (χ1) is 11.8. The van der Waals surface area contributed by atoms with Crippen molar-refractivity contribution < 1.29 is 9.53 Å². The zero-order chi connectivity index (χ0) is 16.8. The number of thiophene rings is 1. The molecule has 0 saturated carbocycles. The third kappa shape index (κ3) is 4.17. The first-order valence-corrected chi connectivity index (χ1v) is 9.09. The molecule has 0 atom stereocenters. The van der Waals surface area contributed by atoms with Crippen molar-refractivity contribution in [2.75, 3.05) is 37.7 Å². The number of anilines is 1. The fraction of sp³-hybridized carbons (Fsp3) is 0.412. The fourth-order valence-corrected chi connectivity index (χ4v) is 3.30. The second kappa shape index (κ2) is 8.01. The maximum atomic E-state index is 12.2. The molecule has 0 aromatic carbocycles. The van der Waals surface area contributed by atoms with Crippen LogP contribution in [0.15, 0.2) is 35.0 Å². The number of pyridine rings is 1. The van der Waals surface area contributed by atoms with Crippen LogP contribution in [0.5, 0.6) is 5.88 Å². The Balaban J connectivity index is 1.50. The summed E-state index contributed by atoms with van der Waals surface area (Å²) in [5.41, 5.74) is 1.14. The van der Waals surface area contributed by atoms with Crippen LogP contribution in [0, 0.1) is 0 Å². The van der Waals surface area contributed by atoms with Crippen molar-refractivity contribution >= 4 is 23.2 Å². The standard InChI is InChI=1S/C17H22N4O2S/c1-2-23-16-5-3-4-15(19-16)20-7-9-21(10-8-20)17(22)18-12-14-6-11-24-13-14/h3-6,11,13H,2,7-10,12H2,1H3,(H,18,22). The van der Waals surface area contributed by atoms with E-state index in [1.807, 2.05) is 41.5 Å². The molecular formula is C17H22N4O2S. The van der Waals surface area contributed by atoms with E-state index >= 15 is 0 Å². The first kappa shape index (κ1) is 16.6. The van der Waals surface area contributed by atoms with Crippen molar-refractivity contribution in [2.45, 2.75) is 13.5 Å². The molecule has 2 aromatic heterocycles. The van der Waals surface area contributed by atoms with E-state index in [0.717, 1.165) is 24.5 Å². The number of nitrogens with one attached hydrogen (secondary N) is 1. The molecule has 2 aromatic rings. The average molecular weight is 346 g/mol. The Bertz CT molecular complexity index is 654. The summed E-state index contributed by atoms with van der Waals surface area (Å²) in [6.45, 7) is 6.06. The smallest absolute Gasteiger partial charge is 0.317 e. The minimum absolute atomic E-state index is 0.00289. The van der Waals surface area contributed by atoms with Crippen molar-refractivity contribution in [1.82, 2.24) is 15.2 Å². The normalized spacial score (nSPS) is 14.5. The van der Waals surface area contributed by atoms with Gasteiger partial charge in [-0.25, -0.2) is 4.79 Å². The number of hydrogen-bond acceptors (Lipinski definition) is 5. The maximum Gasteiger partial charge on any atom is 0.317 e. The van der Waals surface area contributed by atoms with E-state index < -0.39 is 0 Å². The van der Waals surface area contributed by atoms with Gasteiger partial charge in [0.15, 0.2) is 0 Å². The van der Waals surface area contributed by atoms with Crippen LogP contribution < -0.4 is 15.0 Å². The fourth-order valence-electron chi connectivity index (χ4n) is 2.63. The van der Waals surface area contributed by atoms with Crippen molar-refractivity contribution in [3.63, 3.8) is 0 Å². The topological polar surface area (TPSA) is 57.7 Å². The number of nitrogens with zero attached hydrogens (tertiary/aromatic N) is 3. The Morgan fingerprint density at radius 1 is 1.29 bits per heavy atom. The van der Waals surface area contributed by atoms with Crippen molar-refractivity contribution in [1.29, 1.82) is 0 Å². The van der Waals surface area contributed by atoms with Crippen LogP contribution in [-0.2, 0) is 6.54 Å². The Labute approximate surface area is 146 Å².